The lowest BCUT2D eigenvalue weighted by atomic mass is 10.1. The second-order valence-corrected chi connectivity index (χ2v) is 6.01. The van der Waals surface area contributed by atoms with Crippen molar-refractivity contribution in [3.63, 3.8) is 0 Å². The first kappa shape index (κ1) is 16.4. The number of rotatable bonds is 5. The van der Waals surface area contributed by atoms with Crippen LogP contribution in [-0.4, -0.2) is 34.4 Å². The second-order valence-electron chi connectivity index (χ2n) is 6.01. The van der Waals surface area contributed by atoms with Crippen LogP contribution in [0.1, 0.15) is 35.8 Å². The van der Waals surface area contributed by atoms with Gasteiger partial charge in [0.15, 0.2) is 0 Å². The standard InChI is InChI=1S/C18H21N3O3/c1-13(16-8-5-11-24-16)19-18(23)15-9-10-17(22)21(20-15)12-14-6-3-2-4-7-14/h2-4,6-7,9-10,13,16H,5,8,11-12H2,1H3,(H,19,23)/t13-,16+/m1/s1. The topological polar surface area (TPSA) is 73.2 Å². The Labute approximate surface area is 140 Å². The summed E-state index contributed by atoms with van der Waals surface area (Å²) in [5.74, 6) is -0.292. The Balaban J connectivity index is 1.72. The van der Waals surface area contributed by atoms with Crippen LogP contribution in [0, 0.1) is 0 Å². The summed E-state index contributed by atoms with van der Waals surface area (Å²) in [6.45, 7) is 3.00. The number of benzene rings is 1. The number of nitrogens with zero attached hydrogens (tertiary/aromatic N) is 2. The molecule has 0 unspecified atom stereocenters. The minimum absolute atomic E-state index is 0.0455. The van der Waals surface area contributed by atoms with Crippen molar-refractivity contribution < 1.29 is 9.53 Å². The SMILES string of the molecule is C[C@@H](NC(=O)c1ccc(=O)n(Cc2ccccc2)n1)[C@@H]1CCCO1. The van der Waals surface area contributed by atoms with Crippen molar-refractivity contribution in [2.24, 2.45) is 0 Å². The summed E-state index contributed by atoms with van der Waals surface area (Å²) in [6.07, 6.45) is 2.01. The van der Waals surface area contributed by atoms with Crippen molar-refractivity contribution in [2.75, 3.05) is 6.61 Å². The van der Waals surface area contributed by atoms with E-state index in [1.54, 1.807) is 0 Å². The Morgan fingerprint density at radius 1 is 1.33 bits per heavy atom. The number of carbonyl (C=O) groups is 1. The number of hydrogen-bond donors (Lipinski definition) is 1. The molecule has 1 fully saturated rings. The highest BCUT2D eigenvalue weighted by Crippen LogP contribution is 2.15. The van der Waals surface area contributed by atoms with Crippen LogP contribution in [0.15, 0.2) is 47.3 Å². The molecule has 6 nitrogen and oxygen atoms in total. The molecule has 1 aliphatic rings. The van der Waals surface area contributed by atoms with Crippen LogP contribution in [0.3, 0.4) is 0 Å². The molecule has 6 heteroatoms. The summed E-state index contributed by atoms with van der Waals surface area (Å²) in [4.78, 5) is 24.4. The summed E-state index contributed by atoms with van der Waals surface area (Å²) in [5, 5.41) is 7.11. The lowest BCUT2D eigenvalue weighted by molar-refractivity contribution is 0.0708. The van der Waals surface area contributed by atoms with E-state index in [-0.39, 0.29) is 29.3 Å². The molecule has 0 saturated carbocycles. The van der Waals surface area contributed by atoms with E-state index in [1.165, 1.54) is 16.8 Å². The average Bonchev–Trinajstić information content (AvgIpc) is 3.12. The van der Waals surface area contributed by atoms with Gasteiger partial charge in [-0.05, 0) is 31.4 Å². The van der Waals surface area contributed by atoms with Crippen LogP contribution >= 0.6 is 0 Å². The van der Waals surface area contributed by atoms with Gasteiger partial charge in [-0.15, -0.1) is 0 Å². The molecule has 126 valence electrons. The van der Waals surface area contributed by atoms with Crippen LogP contribution in [0.5, 0.6) is 0 Å². The molecule has 0 bridgehead atoms. The fourth-order valence-electron chi connectivity index (χ4n) is 2.81. The molecule has 1 N–H and O–H groups in total. The van der Waals surface area contributed by atoms with Gasteiger partial charge in [0.2, 0.25) is 0 Å². The fraction of sp³-hybridized carbons (Fsp3) is 0.389. The maximum Gasteiger partial charge on any atom is 0.272 e. The van der Waals surface area contributed by atoms with Crippen LogP contribution in [0.4, 0.5) is 0 Å². The van der Waals surface area contributed by atoms with Gasteiger partial charge in [0, 0.05) is 12.7 Å². The maximum absolute atomic E-state index is 12.4. The van der Waals surface area contributed by atoms with Gasteiger partial charge in [0.1, 0.15) is 5.69 Å². The van der Waals surface area contributed by atoms with E-state index in [4.69, 9.17) is 4.74 Å². The van der Waals surface area contributed by atoms with E-state index >= 15 is 0 Å². The van der Waals surface area contributed by atoms with Crippen molar-refractivity contribution in [3.8, 4) is 0 Å². The van der Waals surface area contributed by atoms with E-state index in [0.717, 1.165) is 25.0 Å². The first-order chi connectivity index (χ1) is 11.6. The lowest BCUT2D eigenvalue weighted by Gasteiger charge is -2.19. The van der Waals surface area contributed by atoms with Gasteiger partial charge in [0.25, 0.3) is 11.5 Å². The fourth-order valence-corrected chi connectivity index (χ4v) is 2.81. The molecule has 2 aromatic rings. The quantitative estimate of drug-likeness (QED) is 0.905. The van der Waals surface area contributed by atoms with Crippen LogP contribution < -0.4 is 10.9 Å². The molecule has 1 aromatic heterocycles. The zero-order valence-electron chi connectivity index (χ0n) is 13.6. The van der Waals surface area contributed by atoms with Gasteiger partial charge in [-0.3, -0.25) is 9.59 Å². The molecule has 1 saturated heterocycles. The highest BCUT2D eigenvalue weighted by atomic mass is 16.5. The monoisotopic (exact) mass is 327 g/mol. The summed E-state index contributed by atoms with van der Waals surface area (Å²) < 4.78 is 6.89. The molecule has 3 rings (SSSR count). The Kier molecular flexibility index (Phi) is 5.05. The largest absolute Gasteiger partial charge is 0.376 e. The van der Waals surface area contributed by atoms with Crippen molar-refractivity contribution >= 4 is 5.91 Å². The Bertz CT molecular complexity index is 752. The van der Waals surface area contributed by atoms with Crippen LogP contribution in [-0.2, 0) is 11.3 Å². The predicted octanol–water partition coefficient (Wildman–Crippen LogP) is 1.59. The lowest BCUT2D eigenvalue weighted by Crippen LogP contribution is -2.41. The van der Waals surface area contributed by atoms with Gasteiger partial charge in [-0.1, -0.05) is 30.3 Å². The zero-order chi connectivity index (χ0) is 16.9. The number of nitrogens with one attached hydrogen (secondary N) is 1. The third-order valence-electron chi connectivity index (χ3n) is 4.16. The van der Waals surface area contributed by atoms with Crippen LogP contribution in [0.25, 0.3) is 0 Å². The van der Waals surface area contributed by atoms with Gasteiger partial charge >= 0.3 is 0 Å². The molecule has 1 aromatic carbocycles. The molecule has 1 amide bonds. The maximum atomic E-state index is 12.4. The Morgan fingerprint density at radius 2 is 2.12 bits per heavy atom. The van der Waals surface area contributed by atoms with E-state index < -0.39 is 0 Å². The first-order valence-corrected chi connectivity index (χ1v) is 8.18. The van der Waals surface area contributed by atoms with E-state index in [9.17, 15) is 9.59 Å². The molecule has 1 aliphatic heterocycles. The average molecular weight is 327 g/mol. The highest BCUT2D eigenvalue weighted by molar-refractivity contribution is 5.92. The molecule has 0 radical (unpaired) electrons. The van der Waals surface area contributed by atoms with Crippen molar-refractivity contribution in [1.29, 1.82) is 0 Å². The molecule has 0 spiro atoms. The number of hydrogen-bond acceptors (Lipinski definition) is 4. The van der Waals surface area contributed by atoms with E-state index in [1.807, 2.05) is 37.3 Å². The normalized spacial score (nSPS) is 18.3. The minimum atomic E-state index is -0.292. The summed E-state index contributed by atoms with van der Waals surface area (Å²) >= 11 is 0. The zero-order valence-corrected chi connectivity index (χ0v) is 13.6. The highest BCUT2D eigenvalue weighted by Gasteiger charge is 2.24. The van der Waals surface area contributed by atoms with Gasteiger partial charge in [-0.25, -0.2) is 4.68 Å². The molecular formula is C18H21N3O3. The molecular weight excluding hydrogens is 306 g/mol. The minimum Gasteiger partial charge on any atom is -0.376 e. The summed E-state index contributed by atoms with van der Waals surface area (Å²) in [5.41, 5.74) is 0.954. The predicted molar refractivity (Wildman–Crippen MR) is 89.9 cm³/mol. The van der Waals surface area contributed by atoms with Crippen LogP contribution in [0.2, 0.25) is 0 Å². The molecule has 0 aliphatic carbocycles. The molecule has 24 heavy (non-hydrogen) atoms. The Morgan fingerprint density at radius 3 is 2.83 bits per heavy atom. The first-order valence-electron chi connectivity index (χ1n) is 8.18. The van der Waals surface area contributed by atoms with Gasteiger partial charge in [0.05, 0.1) is 18.7 Å². The van der Waals surface area contributed by atoms with Crippen molar-refractivity contribution in [2.45, 2.75) is 38.5 Å². The summed E-state index contributed by atoms with van der Waals surface area (Å²) in [6, 6.07) is 12.3. The van der Waals surface area contributed by atoms with E-state index in [0.29, 0.717) is 6.54 Å². The third kappa shape index (κ3) is 3.89. The van der Waals surface area contributed by atoms with E-state index in [2.05, 4.69) is 10.4 Å². The smallest absolute Gasteiger partial charge is 0.272 e. The van der Waals surface area contributed by atoms with Gasteiger partial charge < -0.3 is 10.1 Å². The summed E-state index contributed by atoms with van der Waals surface area (Å²) in [7, 11) is 0. The number of amides is 1. The third-order valence-corrected chi connectivity index (χ3v) is 4.16. The number of aromatic nitrogens is 2. The second kappa shape index (κ2) is 7.40. The molecule has 2 heterocycles. The number of carbonyl (C=O) groups excluding carboxylic acids is 1. The van der Waals surface area contributed by atoms with Crippen molar-refractivity contribution in [1.82, 2.24) is 15.1 Å². The van der Waals surface area contributed by atoms with Gasteiger partial charge in [-0.2, -0.15) is 5.10 Å². The van der Waals surface area contributed by atoms with Crippen molar-refractivity contribution in [3.05, 3.63) is 64.1 Å². The number of ether oxygens (including phenoxy) is 1. The molecule has 2 atom stereocenters. The Hall–Kier alpha value is -2.47.